The van der Waals surface area contributed by atoms with Gasteiger partial charge in [0.15, 0.2) is 0 Å². The highest BCUT2D eigenvalue weighted by Gasteiger charge is 2.31. The second-order valence-corrected chi connectivity index (χ2v) is 10.4. The van der Waals surface area contributed by atoms with Crippen LogP contribution >= 0.6 is 0 Å². The van der Waals surface area contributed by atoms with Crippen molar-refractivity contribution in [3.63, 3.8) is 0 Å². The molecule has 0 amide bonds. The third-order valence-electron chi connectivity index (χ3n) is 6.43. The molecule has 2 nitrogen and oxygen atoms in total. The molecule has 0 unspecified atom stereocenters. The minimum atomic E-state index is 0.229. The van der Waals surface area contributed by atoms with E-state index in [-0.39, 0.29) is 11.2 Å². The molecular formula is C27H46O2. The van der Waals surface area contributed by atoms with Crippen LogP contribution in [0.2, 0.25) is 0 Å². The lowest BCUT2D eigenvalue weighted by atomic mass is 9.67. The van der Waals surface area contributed by atoms with Crippen LogP contribution in [0.25, 0.3) is 0 Å². The van der Waals surface area contributed by atoms with Crippen molar-refractivity contribution >= 4 is 0 Å². The van der Waals surface area contributed by atoms with Gasteiger partial charge in [0.2, 0.25) is 0 Å². The van der Waals surface area contributed by atoms with Gasteiger partial charge in [0, 0.05) is 5.56 Å². The molecule has 0 atom stereocenters. The predicted molar refractivity (Wildman–Crippen MR) is 127 cm³/mol. The van der Waals surface area contributed by atoms with E-state index in [0.29, 0.717) is 29.9 Å². The molecule has 1 aromatic carbocycles. The molecular weight excluding hydrogens is 356 g/mol. The van der Waals surface area contributed by atoms with E-state index in [1.165, 1.54) is 44.1 Å². The quantitative estimate of drug-likeness (QED) is 0.273. The molecule has 1 rings (SSSR count). The topological polar surface area (TPSA) is 40.5 Å². The van der Waals surface area contributed by atoms with Crippen molar-refractivity contribution in [1.29, 1.82) is 0 Å². The molecule has 2 N–H and O–H groups in total. The lowest BCUT2D eigenvalue weighted by molar-refractivity contribution is 0.221. The number of hydrogen-bond donors (Lipinski definition) is 2. The minimum Gasteiger partial charge on any atom is -0.508 e. The van der Waals surface area contributed by atoms with Crippen molar-refractivity contribution < 1.29 is 10.2 Å². The van der Waals surface area contributed by atoms with Crippen LogP contribution in [0, 0.1) is 30.1 Å². The van der Waals surface area contributed by atoms with Crippen molar-refractivity contribution in [2.24, 2.45) is 23.2 Å². The summed E-state index contributed by atoms with van der Waals surface area (Å²) < 4.78 is 0. The third kappa shape index (κ3) is 8.44. The Labute approximate surface area is 180 Å². The Morgan fingerprint density at radius 3 is 1.72 bits per heavy atom. The minimum absolute atomic E-state index is 0.229. The summed E-state index contributed by atoms with van der Waals surface area (Å²) in [5.74, 6) is 2.66. The van der Waals surface area contributed by atoms with Crippen LogP contribution in [0.3, 0.4) is 0 Å². The summed E-state index contributed by atoms with van der Waals surface area (Å²) in [6, 6.07) is 3.32. The molecule has 29 heavy (non-hydrogen) atoms. The third-order valence-corrected chi connectivity index (χ3v) is 6.43. The molecule has 0 aliphatic heterocycles. The Morgan fingerprint density at radius 2 is 1.31 bits per heavy atom. The number of phenolic OH excluding ortho intramolecular Hbond substituents is 2. The van der Waals surface area contributed by atoms with Gasteiger partial charge in [-0.25, -0.2) is 0 Å². The van der Waals surface area contributed by atoms with Crippen LogP contribution in [0.4, 0.5) is 0 Å². The van der Waals surface area contributed by atoms with Crippen LogP contribution in [0.5, 0.6) is 11.5 Å². The summed E-state index contributed by atoms with van der Waals surface area (Å²) in [6.45, 7) is 18.1. The maximum absolute atomic E-state index is 10.4. The first-order chi connectivity index (χ1) is 13.5. The van der Waals surface area contributed by atoms with Gasteiger partial charge in [-0.05, 0) is 80.4 Å². The zero-order valence-electron chi connectivity index (χ0n) is 20.3. The van der Waals surface area contributed by atoms with Gasteiger partial charge in [0.05, 0.1) is 0 Å². The van der Waals surface area contributed by atoms with Crippen molar-refractivity contribution in [2.75, 3.05) is 0 Å². The van der Waals surface area contributed by atoms with Gasteiger partial charge < -0.3 is 10.2 Å². The highest BCUT2D eigenvalue weighted by atomic mass is 16.3. The Balaban J connectivity index is 3.22. The van der Waals surface area contributed by atoms with E-state index < -0.39 is 0 Å². The Bertz CT molecular complexity index is 621. The molecule has 0 fully saturated rings. The van der Waals surface area contributed by atoms with E-state index in [1.807, 2.05) is 6.92 Å². The first-order valence-electron chi connectivity index (χ1n) is 11.7. The van der Waals surface area contributed by atoms with E-state index in [1.54, 1.807) is 12.1 Å². The molecule has 0 saturated carbocycles. The van der Waals surface area contributed by atoms with E-state index in [4.69, 9.17) is 0 Å². The molecule has 166 valence electrons. The molecule has 0 aliphatic carbocycles. The molecule has 0 aliphatic rings. The largest absolute Gasteiger partial charge is 0.508 e. The van der Waals surface area contributed by atoms with E-state index in [0.717, 1.165) is 11.1 Å². The van der Waals surface area contributed by atoms with Crippen LogP contribution in [0.15, 0.2) is 23.8 Å². The summed E-state index contributed by atoms with van der Waals surface area (Å²) in [6.07, 6.45) is 10.4. The molecule has 0 spiro atoms. The van der Waals surface area contributed by atoms with Gasteiger partial charge in [0.1, 0.15) is 11.5 Å². The summed E-state index contributed by atoms with van der Waals surface area (Å²) >= 11 is 0. The van der Waals surface area contributed by atoms with Gasteiger partial charge >= 0.3 is 0 Å². The van der Waals surface area contributed by atoms with Crippen LogP contribution in [-0.4, -0.2) is 10.2 Å². The van der Waals surface area contributed by atoms with Gasteiger partial charge in [-0.2, -0.15) is 0 Å². The molecule has 0 radical (unpaired) electrons. The summed E-state index contributed by atoms with van der Waals surface area (Å²) in [5.41, 5.74) is 3.24. The summed E-state index contributed by atoms with van der Waals surface area (Å²) in [5, 5.41) is 20.4. The van der Waals surface area contributed by atoms with Gasteiger partial charge in [-0.15, -0.1) is 0 Å². The standard InChI is InChI=1S/C27H46O2/c1-19(2)11-14-27(15-12-20(3)4,16-13-21(5)6)23(8)9-10-24-18-25(28)17-22(7)26(24)29/h9,17-21,28-29H,10-16H2,1-8H3/b23-9+. The highest BCUT2D eigenvalue weighted by Crippen LogP contribution is 2.45. The molecule has 1 aromatic rings. The molecule has 0 saturated heterocycles. The van der Waals surface area contributed by atoms with Gasteiger partial charge in [-0.1, -0.05) is 72.5 Å². The SMILES string of the molecule is C/C(=C\Cc1cc(O)cc(C)c1O)C(CCC(C)C)(CCC(C)C)CCC(C)C. The maximum atomic E-state index is 10.4. The van der Waals surface area contributed by atoms with Gasteiger partial charge in [0.25, 0.3) is 0 Å². The lowest BCUT2D eigenvalue weighted by Gasteiger charge is -2.38. The average molecular weight is 403 g/mol. The normalized spacial score (nSPS) is 13.1. The lowest BCUT2D eigenvalue weighted by Crippen LogP contribution is -2.25. The van der Waals surface area contributed by atoms with Crippen LogP contribution in [-0.2, 0) is 6.42 Å². The van der Waals surface area contributed by atoms with Crippen molar-refractivity contribution in [3.8, 4) is 11.5 Å². The predicted octanol–water partition coefficient (Wildman–Crippen LogP) is 8.19. The Morgan fingerprint density at radius 1 is 0.862 bits per heavy atom. The highest BCUT2D eigenvalue weighted by molar-refractivity contribution is 5.46. The summed E-state index contributed by atoms with van der Waals surface area (Å²) in [4.78, 5) is 0. The molecule has 0 aromatic heterocycles. The number of allylic oxidation sites excluding steroid dienone is 2. The Kier molecular flexibility index (Phi) is 10.3. The molecule has 0 bridgehead atoms. The van der Waals surface area contributed by atoms with Crippen molar-refractivity contribution in [2.45, 2.75) is 100 Å². The zero-order valence-corrected chi connectivity index (χ0v) is 20.3. The van der Waals surface area contributed by atoms with Crippen LogP contribution < -0.4 is 0 Å². The fourth-order valence-electron chi connectivity index (χ4n) is 4.13. The molecule has 0 heterocycles. The monoisotopic (exact) mass is 402 g/mol. The number of benzene rings is 1. The smallest absolute Gasteiger partial charge is 0.122 e. The fraction of sp³-hybridized carbons (Fsp3) is 0.704. The number of aromatic hydroxyl groups is 2. The van der Waals surface area contributed by atoms with Crippen molar-refractivity contribution in [1.82, 2.24) is 0 Å². The van der Waals surface area contributed by atoms with E-state index in [2.05, 4.69) is 54.5 Å². The fourth-order valence-corrected chi connectivity index (χ4v) is 4.13. The zero-order chi connectivity index (χ0) is 22.2. The first-order valence-corrected chi connectivity index (χ1v) is 11.7. The second kappa shape index (κ2) is 11.7. The van der Waals surface area contributed by atoms with Crippen LogP contribution in [0.1, 0.15) is 98.1 Å². The number of hydrogen-bond acceptors (Lipinski definition) is 2. The van der Waals surface area contributed by atoms with E-state index >= 15 is 0 Å². The second-order valence-electron chi connectivity index (χ2n) is 10.4. The first kappa shape index (κ1) is 25.6. The maximum Gasteiger partial charge on any atom is 0.122 e. The average Bonchev–Trinajstić information content (AvgIpc) is 2.62. The van der Waals surface area contributed by atoms with E-state index in [9.17, 15) is 10.2 Å². The number of phenols is 2. The van der Waals surface area contributed by atoms with Gasteiger partial charge in [-0.3, -0.25) is 0 Å². The molecule has 2 heteroatoms. The number of aryl methyl sites for hydroxylation is 1. The number of rotatable bonds is 12. The summed E-state index contributed by atoms with van der Waals surface area (Å²) in [7, 11) is 0. The Hall–Kier alpha value is -1.44. The van der Waals surface area contributed by atoms with Crippen molar-refractivity contribution in [3.05, 3.63) is 34.9 Å².